The predicted molar refractivity (Wildman–Crippen MR) is 258 cm³/mol. The van der Waals surface area contributed by atoms with Crippen LogP contribution in [0.2, 0.25) is 0 Å². The summed E-state index contributed by atoms with van der Waals surface area (Å²) in [6.45, 7) is 7.83. The summed E-state index contributed by atoms with van der Waals surface area (Å²) in [5.41, 5.74) is 2.56. The highest BCUT2D eigenvalue weighted by Gasteiger charge is 2.14. The van der Waals surface area contributed by atoms with Crippen molar-refractivity contribution in [1.82, 2.24) is 21.3 Å². The number of hydrogen-bond acceptors (Lipinski definition) is 11. The zero-order valence-corrected chi connectivity index (χ0v) is 40.2. The summed E-state index contributed by atoms with van der Waals surface area (Å²) >= 11 is 0. The van der Waals surface area contributed by atoms with E-state index in [2.05, 4.69) is 76.7 Å². The second-order valence-electron chi connectivity index (χ2n) is 16.3. The molecule has 15 nitrogen and oxygen atoms in total. The Bertz CT molecular complexity index is 1420. The third-order valence-corrected chi connectivity index (χ3v) is 10.7. The van der Waals surface area contributed by atoms with Crippen LogP contribution in [-0.2, 0) is 33.2 Å². The fraction of sp³-hybridized carbons (Fsp3) is 0.686. The topological polar surface area (TPSA) is 181 Å². The van der Waals surface area contributed by atoms with Crippen molar-refractivity contribution >= 4 is 24.4 Å². The number of carbonyl (C=O) groups is 4. The van der Waals surface area contributed by atoms with E-state index in [1.165, 1.54) is 30.4 Å². The van der Waals surface area contributed by atoms with Gasteiger partial charge in [-0.15, -0.1) is 0 Å². The van der Waals surface area contributed by atoms with Crippen LogP contribution in [0.3, 0.4) is 0 Å². The summed E-state index contributed by atoms with van der Waals surface area (Å²) in [5, 5.41) is 11.2. The number of nitrogens with one attached hydrogen (secondary N) is 4. The number of amides is 4. The van der Waals surface area contributed by atoms with Gasteiger partial charge in [-0.2, -0.15) is 0 Å². The molecule has 66 heavy (non-hydrogen) atoms. The van der Waals surface area contributed by atoms with E-state index in [0.717, 1.165) is 103 Å². The fourth-order valence-corrected chi connectivity index (χ4v) is 7.00. The van der Waals surface area contributed by atoms with E-state index in [-0.39, 0.29) is 37.9 Å². The Morgan fingerprint density at radius 2 is 0.652 bits per heavy atom. The zero-order chi connectivity index (χ0) is 47.2. The molecule has 0 aliphatic heterocycles. The van der Waals surface area contributed by atoms with Gasteiger partial charge in [0.25, 0.3) is 0 Å². The lowest BCUT2D eigenvalue weighted by atomic mass is 9.88. The SMILES string of the molecule is CCCCOC(=O)NCCCCCCCCNC(=O)OCCOCCOCCOCCOC(=O)NCCCCCCCCCCCNC(=O)OCCCC(c1ccccc1)c1ccccc1. The van der Waals surface area contributed by atoms with Crippen LogP contribution in [-0.4, -0.2) is 117 Å². The third kappa shape index (κ3) is 34.7. The Kier molecular flexibility index (Phi) is 37.5. The van der Waals surface area contributed by atoms with Gasteiger partial charge in [-0.1, -0.05) is 145 Å². The van der Waals surface area contributed by atoms with Gasteiger partial charge in [0.15, 0.2) is 0 Å². The Labute approximate surface area is 395 Å². The minimum absolute atomic E-state index is 0.168. The maximum atomic E-state index is 12.2. The van der Waals surface area contributed by atoms with Gasteiger partial charge < -0.3 is 54.4 Å². The molecule has 0 saturated carbocycles. The van der Waals surface area contributed by atoms with Crippen molar-refractivity contribution < 1.29 is 52.3 Å². The molecule has 0 radical (unpaired) electrons. The minimum atomic E-state index is -0.446. The van der Waals surface area contributed by atoms with E-state index in [1.807, 2.05) is 12.1 Å². The molecule has 2 aromatic rings. The quantitative estimate of drug-likeness (QED) is 0.0367. The highest BCUT2D eigenvalue weighted by molar-refractivity contribution is 5.68. The summed E-state index contributed by atoms with van der Waals surface area (Å²) in [6, 6.07) is 21.0. The molecule has 15 heteroatoms. The maximum Gasteiger partial charge on any atom is 0.407 e. The molecule has 0 saturated heterocycles. The van der Waals surface area contributed by atoms with Crippen LogP contribution in [0.15, 0.2) is 60.7 Å². The Hall–Kier alpha value is -4.60. The van der Waals surface area contributed by atoms with Gasteiger partial charge in [-0.05, 0) is 56.1 Å². The maximum absolute atomic E-state index is 12.2. The first-order valence-corrected chi connectivity index (χ1v) is 24.9. The first-order chi connectivity index (χ1) is 32.5. The van der Waals surface area contributed by atoms with Crippen LogP contribution in [0.5, 0.6) is 0 Å². The Balaban J connectivity index is 1.23. The van der Waals surface area contributed by atoms with E-state index < -0.39 is 12.2 Å². The monoisotopic (exact) mass is 929 g/mol. The normalized spacial score (nSPS) is 10.9. The first kappa shape index (κ1) is 57.5. The molecule has 4 N–H and O–H groups in total. The van der Waals surface area contributed by atoms with Crippen molar-refractivity contribution in [2.24, 2.45) is 0 Å². The Morgan fingerprint density at radius 1 is 0.364 bits per heavy atom. The molecule has 4 amide bonds. The number of alkyl carbamates (subject to hydrolysis) is 4. The average molecular weight is 929 g/mol. The van der Waals surface area contributed by atoms with E-state index >= 15 is 0 Å². The molecule has 374 valence electrons. The van der Waals surface area contributed by atoms with Crippen LogP contribution in [0.4, 0.5) is 19.2 Å². The van der Waals surface area contributed by atoms with Crippen LogP contribution in [0, 0.1) is 0 Å². The summed E-state index contributed by atoms with van der Waals surface area (Å²) < 4.78 is 37.1. The molecule has 0 aromatic heterocycles. The average Bonchev–Trinajstić information content (AvgIpc) is 3.33. The molecule has 0 aliphatic rings. The van der Waals surface area contributed by atoms with Gasteiger partial charge in [0.2, 0.25) is 0 Å². The van der Waals surface area contributed by atoms with Crippen molar-refractivity contribution in [3.05, 3.63) is 71.8 Å². The number of benzene rings is 2. The molecule has 0 aliphatic carbocycles. The molecule has 0 atom stereocenters. The molecule has 2 aromatic carbocycles. The van der Waals surface area contributed by atoms with Crippen molar-refractivity contribution in [2.45, 2.75) is 135 Å². The van der Waals surface area contributed by atoms with E-state index in [9.17, 15) is 19.2 Å². The summed E-state index contributed by atoms with van der Waals surface area (Å²) in [4.78, 5) is 47.3. The second-order valence-corrected chi connectivity index (χ2v) is 16.3. The van der Waals surface area contributed by atoms with Crippen LogP contribution in [0.25, 0.3) is 0 Å². The standard InChI is InChI=1S/C51H84N4O11/c1-2-3-35-63-48(56)52-31-23-13-9-10-14-24-34-55-51(59)66-44-42-62-40-38-60-37-39-61-41-43-65-50(58)54-33-22-12-8-6-4-5-7-11-21-32-53-49(57)64-36-25-30-47(45-26-17-15-18-27-45)46-28-19-16-20-29-46/h15-20,26-29,47H,2-14,21-25,30-44H2,1H3,(H,52,56)(H,53,57)(H,54,58)(H,55,59). The van der Waals surface area contributed by atoms with Gasteiger partial charge >= 0.3 is 24.4 Å². The molecule has 2 rings (SSSR count). The molecule has 0 unspecified atom stereocenters. The lowest BCUT2D eigenvalue weighted by Crippen LogP contribution is -2.27. The van der Waals surface area contributed by atoms with Gasteiger partial charge in [-0.25, -0.2) is 19.2 Å². The summed E-state index contributed by atoms with van der Waals surface area (Å²) in [7, 11) is 0. The van der Waals surface area contributed by atoms with Gasteiger partial charge in [0, 0.05) is 32.1 Å². The van der Waals surface area contributed by atoms with E-state index in [0.29, 0.717) is 72.4 Å². The van der Waals surface area contributed by atoms with Crippen LogP contribution >= 0.6 is 0 Å². The highest BCUT2D eigenvalue weighted by Crippen LogP contribution is 2.29. The van der Waals surface area contributed by atoms with Gasteiger partial charge in [0.05, 0.1) is 52.9 Å². The van der Waals surface area contributed by atoms with Crippen molar-refractivity contribution in [3.8, 4) is 0 Å². The molecule has 0 fully saturated rings. The van der Waals surface area contributed by atoms with Crippen LogP contribution in [0.1, 0.15) is 146 Å². The minimum Gasteiger partial charge on any atom is -0.450 e. The van der Waals surface area contributed by atoms with Crippen molar-refractivity contribution in [3.63, 3.8) is 0 Å². The largest absolute Gasteiger partial charge is 0.450 e. The predicted octanol–water partition coefficient (Wildman–Crippen LogP) is 10.2. The number of ether oxygens (including phenoxy) is 7. The number of carbonyl (C=O) groups excluding carboxylic acids is 4. The van der Waals surface area contributed by atoms with Crippen molar-refractivity contribution in [2.75, 3.05) is 92.2 Å². The van der Waals surface area contributed by atoms with Gasteiger partial charge in [-0.3, -0.25) is 0 Å². The lowest BCUT2D eigenvalue weighted by Gasteiger charge is -2.18. The fourth-order valence-electron chi connectivity index (χ4n) is 7.00. The lowest BCUT2D eigenvalue weighted by molar-refractivity contribution is -0.000642. The van der Waals surface area contributed by atoms with Gasteiger partial charge in [0.1, 0.15) is 13.2 Å². The summed E-state index contributed by atoms with van der Waals surface area (Å²) in [5.74, 6) is 0.285. The number of unbranched alkanes of at least 4 members (excludes halogenated alkanes) is 14. The second kappa shape index (κ2) is 43.0. The van der Waals surface area contributed by atoms with E-state index in [1.54, 1.807) is 0 Å². The smallest absolute Gasteiger partial charge is 0.407 e. The number of hydrogen-bond donors (Lipinski definition) is 4. The molecule has 0 heterocycles. The highest BCUT2D eigenvalue weighted by atomic mass is 16.6. The van der Waals surface area contributed by atoms with Crippen LogP contribution < -0.4 is 21.3 Å². The zero-order valence-electron chi connectivity index (χ0n) is 40.2. The molecular formula is C51H84N4O11. The van der Waals surface area contributed by atoms with E-state index in [4.69, 9.17) is 33.2 Å². The van der Waals surface area contributed by atoms with Crippen molar-refractivity contribution in [1.29, 1.82) is 0 Å². The number of rotatable bonds is 42. The molecule has 0 spiro atoms. The first-order valence-electron chi connectivity index (χ1n) is 24.9. The molecular weight excluding hydrogens is 845 g/mol. The summed E-state index contributed by atoms with van der Waals surface area (Å²) in [6.07, 6.45) is 18.0. The third-order valence-electron chi connectivity index (χ3n) is 10.7. The Morgan fingerprint density at radius 3 is 0.985 bits per heavy atom. The molecule has 0 bridgehead atoms.